The first-order valence-corrected chi connectivity index (χ1v) is 12.0. The molecule has 4 fully saturated rings. The third-order valence-corrected chi connectivity index (χ3v) is 8.93. The monoisotopic (exact) mass is 413 g/mol. The van der Waals surface area contributed by atoms with Crippen LogP contribution in [0.2, 0.25) is 5.02 Å². The van der Waals surface area contributed by atoms with Gasteiger partial charge in [0.15, 0.2) is 0 Å². The zero-order valence-corrected chi connectivity index (χ0v) is 18.0. The topological polar surface area (TPSA) is 29.1 Å². The predicted molar refractivity (Wildman–Crippen MR) is 118 cm³/mol. The summed E-state index contributed by atoms with van der Waals surface area (Å²) in [4.78, 5) is 13.9. The summed E-state index contributed by atoms with van der Waals surface area (Å²) in [6.45, 7) is 2.25. The van der Waals surface area contributed by atoms with Gasteiger partial charge >= 0.3 is 0 Å². The molecule has 0 aromatic heterocycles. The molecule has 0 spiro atoms. The van der Waals surface area contributed by atoms with Gasteiger partial charge in [-0.1, -0.05) is 35.9 Å². The molecule has 0 saturated heterocycles. The standard InChI is InChI=1S/C24H28ClNOS/c1-15(24-11-16-8-17(12-24)10-18(9-16)13-24)26-22(27)14-28-21-7-3-5-19-4-2-6-20(25)23(19)21/h2-7,15-18H,8-14H2,1H3,(H,26,27)/t15-,16?,17?,18?,24?/m1/s1. The zero-order valence-electron chi connectivity index (χ0n) is 16.4. The van der Waals surface area contributed by atoms with Gasteiger partial charge in [-0.25, -0.2) is 0 Å². The van der Waals surface area contributed by atoms with Gasteiger partial charge in [-0.05, 0) is 86.1 Å². The molecule has 4 bridgehead atoms. The third-order valence-electron chi connectivity index (χ3n) is 7.56. The fourth-order valence-electron chi connectivity index (χ4n) is 6.67. The van der Waals surface area contributed by atoms with Crippen LogP contribution in [0.15, 0.2) is 41.3 Å². The molecule has 2 aromatic rings. The van der Waals surface area contributed by atoms with Crippen LogP contribution in [0, 0.1) is 23.2 Å². The molecule has 0 heterocycles. The first-order valence-electron chi connectivity index (χ1n) is 10.6. The molecule has 4 saturated carbocycles. The summed E-state index contributed by atoms with van der Waals surface area (Å²) in [5.74, 6) is 3.34. The van der Waals surface area contributed by atoms with Gasteiger partial charge in [0.05, 0.1) is 5.75 Å². The molecule has 4 heteroatoms. The van der Waals surface area contributed by atoms with Crippen molar-refractivity contribution >= 4 is 40.0 Å². The number of nitrogens with one attached hydrogen (secondary N) is 1. The number of amides is 1. The highest BCUT2D eigenvalue weighted by Gasteiger charge is 2.53. The Labute approximate surface area is 176 Å². The van der Waals surface area contributed by atoms with Crippen molar-refractivity contribution in [1.29, 1.82) is 0 Å². The number of hydrogen-bond acceptors (Lipinski definition) is 2. The highest BCUT2D eigenvalue weighted by Crippen LogP contribution is 2.61. The molecule has 6 rings (SSSR count). The lowest BCUT2D eigenvalue weighted by Crippen LogP contribution is -2.56. The van der Waals surface area contributed by atoms with E-state index in [-0.39, 0.29) is 11.9 Å². The number of carbonyl (C=O) groups is 1. The van der Waals surface area contributed by atoms with E-state index in [2.05, 4.69) is 30.4 Å². The van der Waals surface area contributed by atoms with E-state index in [0.717, 1.165) is 38.4 Å². The van der Waals surface area contributed by atoms with Crippen LogP contribution in [0.3, 0.4) is 0 Å². The van der Waals surface area contributed by atoms with Crippen LogP contribution in [0.1, 0.15) is 45.4 Å². The third kappa shape index (κ3) is 3.35. The van der Waals surface area contributed by atoms with Gasteiger partial charge in [-0.2, -0.15) is 0 Å². The fraction of sp³-hybridized carbons (Fsp3) is 0.542. The van der Waals surface area contributed by atoms with E-state index in [9.17, 15) is 4.79 Å². The van der Waals surface area contributed by atoms with Crippen molar-refractivity contribution in [3.05, 3.63) is 41.4 Å². The van der Waals surface area contributed by atoms with E-state index < -0.39 is 0 Å². The second-order valence-electron chi connectivity index (χ2n) is 9.45. The van der Waals surface area contributed by atoms with E-state index >= 15 is 0 Å². The molecule has 148 valence electrons. The maximum Gasteiger partial charge on any atom is 0.230 e. The maximum absolute atomic E-state index is 12.8. The number of halogens is 1. The van der Waals surface area contributed by atoms with Crippen molar-refractivity contribution < 1.29 is 4.79 Å². The van der Waals surface area contributed by atoms with Crippen molar-refractivity contribution in [1.82, 2.24) is 5.32 Å². The molecule has 0 aliphatic heterocycles. The quantitative estimate of drug-likeness (QED) is 0.582. The number of fused-ring (bicyclic) bond motifs is 1. The molecule has 4 aliphatic carbocycles. The summed E-state index contributed by atoms with van der Waals surface area (Å²) in [5.41, 5.74) is 0.359. The van der Waals surface area contributed by atoms with Crippen molar-refractivity contribution in [2.45, 2.75) is 56.4 Å². The maximum atomic E-state index is 12.8. The molecule has 1 atom stereocenters. The number of benzene rings is 2. The Morgan fingerprint density at radius 3 is 2.36 bits per heavy atom. The SMILES string of the molecule is C[C@@H](NC(=O)CSc1cccc2cccc(Cl)c12)C12CC3CC(CC(C3)C1)C2. The largest absolute Gasteiger partial charge is 0.352 e. The molecule has 2 aromatic carbocycles. The highest BCUT2D eigenvalue weighted by molar-refractivity contribution is 8.00. The normalized spacial score (nSPS) is 31.9. The molecule has 1 N–H and O–H groups in total. The number of rotatable bonds is 5. The van der Waals surface area contributed by atoms with Crippen LogP contribution < -0.4 is 5.32 Å². The van der Waals surface area contributed by atoms with Gasteiger partial charge in [0.2, 0.25) is 5.91 Å². The highest BCUT2D eigenvalue weighted by atomic mass is 35.5. The van der Waals surface area contributed by atoms with Crippen molar-refractivity contribution in [3.8, 4) is 0 Å². The lowest BCUT2D eigenvalue weighted by molar-refractivity contribution is -0.123. The number of carbonyl (C=O) groups excluding carboxylic acids is 1. The Balaban J connectivity index is 1.25. The Hall–Kier alpha value is -1.19. The van der Waals surface area contributed by atoms with E-state index in [1.807, 2.05) is 18.2 Å². The number of hydrogen-bond donors (Lipinski definition) is 1. The van der Waals surface area contributed by atoms with E-state index in [4.69, 9.17) is 11.6 Å². The molecular formula is C24H28ClNOS. The minimum atomic E-state index is 0.150. The van der Waals surface area contributed by atoms with Crippen molar-refractivity contribution in [2.24, 2.45) is 23.2 Å². The summed E-state index contributed by atoms with van der Waals surface area (Å²) in [6, 6.07) is 12.4. The minimum Gasteiger partial charge on any atom is -0.352 e. The first-order chi connectivity index (χ1) is 13.5. The second kappa shape index (κ2) is 7.25. The Kier molecular flexibility index (Phi) is 4.87. The van der Waals surface area contributed by atoms with Crippen molar-refractivity contribution in [3.63, 3.8) is 0 Å². The first kappa shape index (κ1) is 18.8. The Morgan fingerprint density at radius 2 is 1.71 bits per heavy atom. The van der Waals surface area contributed by atoms with Crippen molar-refractivity contribution in [2.75, 3.05) is 5.75 Å². The van der Waals surface area contributed by atoms with Crippen LogP contribution >= 0.6 is 23.4 Å². The average Bonchev–Trinajstić information content (AvgIpc) is 2.65. The Morgan fingerprint density at radius 1 is 1.11 bits per heavy atom. The average molecular weight is 414 g/mol. The van der Waals surface area contributed by atoms with Crippen LogP contribution in [0.25, 0.3) is 10.8 Å². The van der Waals surface area contributed by atoms with E-state index in [1.165, 1.54) is 38.5 Å². The molecule has 4 aliphatic rings. The molecule has 2 nitrogen and oxygen atoms in total. The molecule has 0 unspecified atom stereocenters. The predicted octanol–water partition coefficient (Wildman–Crippen LogP) is 6.31. The smallest absolute Gasteiger partial charge is 0.230 e. The summed E-state index contributed by atoms with van der Waals surface area (Å²) in [5, 5.41) is 6.31. The van der Waals surface area contributed by atoms with Gasteiger partial charge in [-0.15, -0.1) is 11.8 Å². The summed E-state index contributed by atoms with van der Waals surface area (Å²) in [6.07, 6.45) is 8.30. The van der Waals surface area contributed by atoms with E-state index in [0.29, 0.717) is 11.2 Å². The summed E-state index contributed by atoms with van der Waals surface area (Å²) in [7, 11) is 0. The van der Waals surface area contributed by atoms with E-state index in [1.54, 1.807) is 11.8 Å². The lowest BCUT2D eigenvalue weighted by Gasteiger charge is -2.59. The minimum absolute atomic E-state index is 0.150. The summed E-state index contributed by atoms with van der Waals surface area (Å²) < 4.78 is 0. The molecule has 28 heavy (non-hydrogen) atoms. The zero-order chi connectivity index (χ0) is 19.3. The second-order valence-corrected chi connectivity index (χ2v) is 10.9. The molecule has 0 radical (unpaired) electrons. The van der Waals surface area contributed by atoms with Gasteiger partial charge in [-0.3, -0.25) is 4.79 Å². The Bertz CT molecular complexity index is 870. The van der Waals surface area contributed by atoms with Crippen LogP contribution in [0.5, 0.6) is 0 Å². The molecule has 1 amide bonds. The van der Waals surface area contributed by atoms with Crippen LogP contribution in [-0.4, -0.2) is 17.7 Å². The van der Waals surface area contributed by atoms with Crippen LogP contribution in [0.4, 0.5) is 0 Å². The number of thioether (sulfide) groups is 1. The summed E-state index contributed by atoms with van der Waals surface area (Å²) >= 11 is 8.02. The van der Waals surface area contributed by atoms with Gasteiger partial charge in [0.25, 0.3) is 0 Å². The van der Waals surface area contributed by atoms with Gasteiger partial charge in [0.1, 0.15) is 0 Å². The molecular weight excluding hydrogens is 386 g/mol. The van der Waals surface area contributed by atoms with Crippen LogP contribution in [-0.2, 0) is 4.79 Å². The van der Waals surface area contributed by atoms with Gasteiger partial charge < -0.3 is 5.32 Å². The fourth-order valence-corrected chi connectivity index (χ4v) is 7.93. The lowest BCUT2D eigenvalue weighted by atomic mass is 9.48. The van der Waals surface area contributed by atoms with Gasteiger partial charge in [0, 0.05) is 21.3 Å².